The van der Waals surface area contributed by atoms with E-state index in [4.69, 9.17) is 16.6 Å². The molecule has 1 fully saturated rings. The second-order valence-corrected chi connectivity index (χ2v) is 5.50. The van der Waals surface area contributed by atoms with Crippen molar-refractivity contribution in [1.29, 1.82) is 0 Å². The predicted molar refractivity (Wildman–Crippen MR) is 75.0 cm³/mol. The van der Waals surface area contributed by atoms with Crippen molar-refractivity contribution < 1.29 is 0 Å². The normalized spacial score (nSPS) is 17.4. The molecule has 1 saturated heterocycles. The van der Waals surface area contributed by atoms with Gasteiger partial charge < -0.3 is 9.88 Å². The summed E-state index contributed by atoms with van der Waals surface area (Å²) in [5.41, 5.74) is 2.07. The summed E-state index contributed by atoms with van der Waals surface area (Å²) in [4.78, 5) is 4.72. The lowest BCUT2D eigenvalue weighted by Crippen LogP contribution is -2.29. The van der Waals surface area contributed by atoms with Crippen LogP contribution in [0.3, 0.4) is 0 Å². The molecule has 1 aliphatic heterocycles. The number of hydrogen-bond donors (Lipinski definition) is 1. The minimum Gasteiger partial charge on any atom is -0.331 e. The molecule has 2 heterocycles. The summed E-state index contributed by atoms with van der Waals surface area (Å²) in [6.07, 6.45) is 3.55. The zero-order chi connectivity index (χ0) is 12.5. The van der Waals surface area contributed by atoms with Crippen molar-refractivity contribution in [2.24, 2.45) is 13.0 Å². The summed E-state index contributed by atoms with van der Waals surface area (Å²) in [5, 5.41) is 4.15. The third-order valence-electron chi connectivity index (χ3n) is 3.88. The molecule has 0 bridgehead atoms. The van der Waals surface area contributed by atoms with Gasteiger partial charge in [0.2, 0.25) is 0 Å². The van der Waals surface area contributed by atoms with Gasteiger partial charge in [-0.1, -0.05) is 17.7 Å². The van der Waals surface area contributed by atoms with Crippen molar-refractivity contribution in [2.75, 3.05) is 13.1 Å². The fourth-order valence-corrected chi connectivity index (χ4v) is 2.97. The Bertz CT molecular complexity index is 555. The van der Waals surface area contributed by atoms with E-state index in [1.54, 1.807) is 0 Å². The first-order valence-electron chi connectivity index (χ1n) is 6.56. The van der Waals surface area contributed by atoms with E-state index in [1.165, 1.54) is 12.8 Å². The average Bonchev–Trinajstić information content (AvgIpc) is 2.70. The lowest BCUT2D eigenvalue weighted by molar-refractivity contribution is 0.365. The van der Waals surface area contributed by atoms with Crippen molar-refractivity contribution in [2.45, 2.75) is 19.3 Å². The highest BCUT2D eigenvalue weighted by Gasteiger charge is 2.17. The van der Waals surface area contributed by atoms with Crippen LogP contribution in [0.1, 0.15) is 18.7 Å². The Morgan fingerprint density at radius 1 is 1.39 bits per heavy atom. The van der Waals surface area contributed by atoms with Gasteiger partial charge in [-0.2, -0.15) is 0 Å². The van der Waals surface area contributed by atoms with Gasteiger partial charge >= 0.3 is 0 Å². The summed E-state index contributed by atoms with van der Waals surface area (Å²) < 4.78 is 2.18. The summed E-state index contributed by atoms with van der Waals surface area (Å²) in [6, 6.07) is 5.98. The van der Waals surface area contributed by atoms with Gasteiger partial charge in [-0.3, -0.25) is 0 Å². The van der Waals surface area contributed by atoms with Crippen LogP contribution >= 0.6 is 11.6 Å². The number of aromatic nitrogens is 2. The summed E-state index contributed by atoms with van der Waals surface area (Å²) in [5.74, 6) is 1.91. The number of piperidine rings is 1. The number of aryl methyl sites for hydroxylation is 1. The van der Waals surface area contributed by atoms with Gasteiger partial charge in [0, 0.05) is 13.5 Å². The molecule has 1 aromatic carbocycles. The van der Waals surface area contributed by atoms with Crippen molar-refractivity contribution >= 4 is 22.6 Å². The maximum Gasteiger partial charge on any atom is 0.109 e. The number of hydrogen-bond acceptors (Lipinski definition) is 2. The Hall–Kier alpha value is -1.06. The third kappa shape index (κ3) is 2.13. The Morgan fingerprint density at radius 2 is 2.17 bits per heavy atom. The van der Waals surface area contributed by atoms with Crippen LogP contribution in [0.25, 0.3) is 11.0 Å². The molecule has 0 atom stereocenters. The van der Waals surface area contributed by atoms with E-state index in [0.29, 0.717) is 0 Å². The van der Waals surface area contributed by atoms with Gasteiger partial charge in [0.1, 0.15) is 11.3 Å². The summed E-state index contributed by atoms with van der Waals surface area (Å²) >= 11 is 6.20. The van der Waals surface area contributed by atoms with Gasteiger partial charge in [0.05, 0.1) is 10.5 Å². The fourth-order valence-electron chi connectivity index (χ4n) is 2.75. The molecule has 0 radical (unpaired) electrons. The molecule has 96 valence electrons. The number of imidazole rings is 1. The minimum atomic E-state index is 0.750. The fraction of sp³-hybridized carbons (Fsp3) is 0.500. The average molecular weight is 264 g/mol. The third-order valence-corrected chi connectivity index (χ3v) is 4.19. The van der Waals surface area contributed by atoms with E-state index in [-0.39, 0.29) is 0 Å². The standard InChI is InChI=1S/C14H18ClN3/c1-18-12-4-2-3-11(15)14(12)17-13(18)9-10-5-7-16-8-6-10/h2-4,10,16H,5-9H2,1H3. The molecule has 0 spiro atoms. The highest BCUT2D eigenvalue weighted by atomic mass is 35.5. The van der Waals surface area contributed by atoms with E-state index in [2.05, 4.69) is 23.0 Å². The number of para-hydroxylation sites is 1. The van der Waals surface area contributed by atoms with Crippen LogP contribution < -0.4 is 5.32 Å². The van der Waals surface area contributed by atoms with Crippen LogP contribution in [0.5, 0.6) is 0 Å². The molecule has 3 rings (SSSR count). The molecular formula is C14H18ClN3. The van der Waals surface area contributed by atoms with Gasteiger partial charge in [-0.25, -0.2) is 4.98 Å². The van der Waals surface area contributed by atoms with Crippen molar-refractivity contribution in [1.82, 2.24) is 14.9 Å². The van der Waals surface area contributed by atoms with Gasteiger partial charge in [0.25, 0.3) is 0 Å². The number of rotatable bonds is 2. The number of nitrogens with one attached hydrogen (secondary N) is 1. The van der Waals surface area contributed by atoms with Crippen LogP contribution in [0.15, 0.2) is 18.2 Å². The molecule has 2 aromatic rings. The van der Waals surface area contributed by atoms with E-state index in [1.807, 2.05) is 12.1 Å². The maximum atomic E-state index is 6.20. The van der Waals surface area contributed by atoms with Crippen LogP contribution in [0.2, 0.25) is 5.02 Å². The lowest BCUT2D eigenvalue weighted by Gasteiger charge is -2.22. The lowest BCUT2D eigenvalue weighted by atomic mass is 9.94. The minimum absolute atomic E-state index is 0.750. The summed E-state index contributed by atoms with van der Waals surface area (Å²) in [7, 11) is 2.09. The molecule has 0 amide bonds. The Balaban J connectivity index is 1.92. The van der Waals surface area contributed by atoms with E-state index < -0.39 is 0 Å². The zero-order valence-electron chi connectivity index (χ0n) is 10.6. The molecule has 1 aromatic heterocycles. The first-order chi connectivity index (χ1) is 8.75. The molecule has 0 saturated carbocycles. The second-order valence-electron chi connectivity index (χ2n) is 5.09. The molecular weight excluding hydrogens is 246 g/mol. The van der Waals surface area contributed by atoms with E-state index >= 15 is 0 Å². The molecule has 4 heteroatoms. The Morgan fingerprint density at radius 3 is 2.89 bits per heavy atom. The van der Waals surface area contributed by atoms with E-state index in [9.17, 15) is 0 Å². The first kappa shape index (κ1) is 12.0. The number of nitrogens with zero attached hydrogens (tertiary/aromatic N) is 2. The smallest absolute Gasteiger partial charge is 0.109 e. The van der Waals surface area contributed by atoms with E-state index in [0.717, 1.165) is 47.3 Å². The Labute approximate surface area is 112 Å². The topological polar surface area (TPSA) is 29.9 Å². The van der Waals surface area contributed by atoms with Gasteiger partial charge in [-0.05, 0) is 44.0 Å². The largest absolute Gasteiger partial charge is 0.331 e. The van der Waals surface area contributed by atoms with Crippen LogP contribution in [-0.4, -0.2) is 22.6 Å². The molecule has 1 aliphatic rings. The molecule has 3 nitrogen and oxygen atoms in total. The molecule has 18 heavy (non-hydrogen) atoms. The monoisotopic (exact) mass is 263 g/mol. The highest BCUT2D eigenvalue weighted by Crippen LogP contribution is 2.25. The van der Waals surface area contributed by atoms with Crippen molar-refractivity contribution in [3.63, 3.8) is 0 Å². The first-order valence-corrected chi connectivity index (χ1v) is 6.94. The molecule has 0 aliphatic carbocycles. The summed E-state index contributed by atoms with van der Waals surface area (Å²) in [6.45, 7) is 2.27. The zero-order valence-corrected chi connectivity index (χ0v) is 11.4. The van der Waals surface area contributed by atoms with Crippen LogP contribution in [0.4, 0.5) is 0 Å². The number of benzene rings is 1. The maximum absolute atomic E-state index is 6.20. The van der Waals surface area contributed by atoms with Crippen LogP contribution in [-0.2, 0) is 13.5 Å². The SMILES string of the molecule is Cn1c(CC2CCNCC2)nc2c(Cl)cccc21. The van der Waals surface area contributed by atoms with Crippen molar-refractivity contribution in [3.8, 4) is 0 Å². The number of halogens is 1. The van der Waals surface area contributed by atoms with Gasteiger partial charge in [0.15, 0.2) is 0 Å². The predicted octanol–water partition coefficient (Wildman–Crippen LogP) is 2.77. The Kier molecular flexibility index (Phi) is 3.27. The molecule has 0 unspecified atom stereocenters. The quantitative estimate of drug-likeness (QED) is 0.903. The second kappa shape index (κ2) is 4.90. The molecule has 1 N–H and O–H groups in total. The van der Waals surface area contributed by atoms with Crippen LogP contribution in [0, 0.1) is 5.92 Å². The van der Waals surface area contributed by atoms with Gasteiger partial charge in [-0.15, -0.1) is 0 Å². The van der Waals surface area contributed by atoms with Crippen molar-refractivity contribution in [3.05, 3.63) is 29.0 Å². The number of fused-ring (bicyclic) bond motifs is 1. The highest BCUT2D eigenvalue weighted by molar-refractivity contribution is 6.34.